The number of nitrogens with zero attached hydrogens (tertiary/aromatic N) is 3. The molecule has 0 aliphatic heterocycles. The maximum absolute atomic E-state index is 12.1. The predicted octanol–water partition coefficient (Wildman–Crippen LogP) is 1.81. The Kier molecular flexibility index (Phi) is 5.16. The summed E-state index contributed by atoms with van der Waals surface area (Å²) in [6, 6.07) is 7.28. The van der Waals surface area contributed by atoms with Crippen molar-refractivity contribution in [1.29, 1.82) is 0 Å². The molecule has 1 aromatic carbocycles. The number of methoxy groups -OCH3 is 1. The van der Waals surface area contributed by atoms with Crippen molar-refractivity contribution in [3.63, 3.8) is 0 Å². The number of aryl methyl sites for hydroxylation is 1. The summed E-state index contributed by atoms with van der Waals surface area (Å²) in [5.74, 6) is 0.719. The third kappa shape index (κ3) is 4.08. The zero-order valence-electron chi connectivity index (χ0n) is 13.5. The first kappa shape index (κ1) is 16.0. The molecule has 1 heterocycles. The van der Waals surface area contributed by atoms with Gasteiger partial charge in [0.2, 0.25) is 5.91 Å². The highest BCUT2D eigenvalue weighted by Crippen LogP contribution is 2.15. The molecule has 0 aliphatic rings. The number of amides is 1. The van der Waals surface area contributed by atoms with Crippen molar-refractivity contribution in [2.24, 2.45) is 7.05 Å². The molecule has 0 fully saturated rings. The van der Waals surface area contributed by atoms with Gasteiger partial charge in [0, 0.05) is 30.5 Å². The van der Waals surface area contributed by atoms with Crippen LogP contribution in [0.1, 0.15) is 11.3 Å². The fourth-order valence-electron chi connectivity index (χ4n) is 2.17. The summed E-state index contributed by atoms with van der Waals surface area (Å²) in [5, 5.41) is 7.08. The molecule has 0 aliphatic carbocycles. The molecule has 1 N–H and O–H groups in total. The van der Waals surface area contributed by atoms with E-state index in [4.69, 9.17) is 4.74 Å². The molecule has 0 atom stereocenters. The molecule has 2 rings (SSSR count). The van der Waals surface area contributed by atoms with Gasteiger partial charge in [0.1, 0.15) is 5.75 Å². The molecule has 0 unspecified atom stereocenters. The van der Waals surface area contributed by atoms with Gasteiger partial charge < -0.3 is 10.1 Å². The van der Waals surface area contributed by atoms with E-state index in [2.05, 4.69) is 10.4 Å². The van der Waals surface area contributed by atoms with Crippen molar-refractivity contribution < 1.29 is 9.53 Å². The molecule has 6 nitrogen and oxygen atoms in total. The van der Waals surface area contributed by atoms with Crippen LogP contribution in [-0.4, -0.2) is 41.3 Å². The third-order valence-corrected chi connectivity index (χ3v) is 3.56. The van der Waals surface area contributed by atoms with Crippen molar-refractivity contribution in [2.45, 2.75) is 13.5 Å². The number of ether oxygens (including phenoxy) is 1. The van der Waals surface area contributed by atoms with Crippen molar-refractivity contribution in [3.8, 4) is 5.75 Å². The van der Waals surface area contributed by atoms with Gasteiger partial charge in [0.25, 0.3) is 0 Å². The number of anilines is 1. The highest BCUT2D eigenvalue weighted by Gasteiger charge is 2.10. The largest absolute Gasteiger partial charge is 0.497 e. The minimum Gasteiger partial charge on any atom is -0.497 e. The topological polar surface area (TPSA) is 59.4 Å². The van der Waals surface area contributed by atoms with E-state index < -0.39 is 0 Å². The highest BCUT2D eigenvalue weighted by atomic mass is 16.5. The lowest BCUT2D eigenvalue weighted by Gasteiger charge is -2.16. The van der Waals surface area contributed by atoms with E-state index >= 15 is 0 Å². The van der Waals surface area contributed by atoms with Crippen LogP contribution in [0.5, 0.6) is 5.75 Å². The molecule has 22 heavy (non-hydrogen) atoms. The maximum Gasteiger partial charge on any atom is 0.238 e. The predicted molar refractivity (Wildman–Crippen MR) is 85.9 cm³/mol. The lowest BCUT2D eigenvalue weighted by atomic mass is 10.2. The van der Waals surface area contributed by atoms with Crippen LogP contribution in [0.3, 0.4) is 0 Å². The number of aromatic nitrogens is 2. The van der Waals surface area contributed by atoms with E-state index in [1.54, 1.807) is 7.11 Å². The number of hydrogen-bond donors (Lipinski definition) is 1. The van der Waals surface area contributed by atoms with E-state index in [-0.39, 0.29) is 5.91 Å². The SMILES string of the molecule is COc1ccc(NC(=O)CN(C)Cc2cnn(C)c2C)cc1. The van der Waals surface area contributed by atoms with E-state index in [1.807, 2.05) is 61.1 Å². The van der Waals surface area contributed by atoms with Crippen molar-refractivity contribution in [1.82, 2.24) is 14.7 Å². The number of nitrogens with one attached hydrogen (secondary N) is 1. The maximum atomic E-state index is 12.1. The molecule has 1 amide bonds. The normalized spacial score (nSPS) is 10.8. The second-order valence-electron chi connectivity index (χ2n) is 5.33. The minimum absolute atomic E-state index is 0.0470. The average Bonchev–Trinajstić information content (AvgIpc) is 2.80. The zero-order chi connectivity index (χ0) is 16.1. The summed E-state index contributed by atoms with van der Waals surface area (Å²) in [6.45, 7) is 3.03. The lowest BCUT2D eigenvalue weighted by Crippen LogP contribution is -2.29. The monoisotopic (exact) mass is 302 g/mol. The van der Waals surface area contributed by atoms with Gasteiger partial charge in [-0.2, -0.15) is 5.10 Å². The van der Waals surface area contributed by atoms with Crippen molar-refractivity contribution in [3.05, 3.63) is 41.7 Å². The smallest absolute Gasteiger partial charge is 0.238 e. The summed E-state index contributed by atoms with van der Waals surface area (Å²) in [4.78, 5) is 14.0. The van der Waals surface area contributed by atoms with Gasteiger partial charge in [0.05, 0.1) is 19.9 Å². The molecule has 1 aromatic heterocycles. The van der Waals surface area contributed by atoms with Gasteiger partial charge in [-0.3, -0.25) is 14.4 Å². The van der Waals surface area contributed by atoms with Gasteiger partial charge in [-0.25, -0.2) is 0 Å². The van der Waals surface area contributed by atoms with Gasteiger partial charge in [-0.15, -0.1) is 0 Å². The average molecular weight is 302 g/mol. The van der Waals surface area contributed by atoms with Crippen molar-refractivity contribution >= 4 is 11.6 Å². The van der Waals surface area contributed by atoms with Gasteiger partial charge in [-0.05, 0) is 38.2 Å². The molecule has 0 saturated heterocycles. The van der Waals surface area contributed by atoms with Gasteiger partial charge in [0.15, 0.2) is 0 Å². The summed E-state index contributed by atoms with van der Waals surface area (Å²) in [6.07, 6.45) is 1.84. The number of rotatable bonds is 6. The van der Waals surface area contributed by atoms with Crippen LogP contribution in [-0.2, 0) is 18.4 Å². The van der Waals surface area contributed by atoms with Crippen LogP contribution >= 0.6 is 0 Å². The zero-order valence-corrected chi connectivity index (χ0v) is 13.5. The second kappa shape index (κ2) is 7.09. The highest BCUT2D eigenvalue weighted by molar-refractivity contribution is 5.92. The van der Waals surface area contributed by atoms with E-state index in [9.17, 15) is 4.79 Å². The molecule has 0 bridgehead atoms. The molecule has 6 heteroatoms. The molecule has 0 saturated carbocycles. The van der Waals surface area contributed by atoms with E-state index in [0.29, 0.717) is 13.1 Å². The van der Waals surface area contributed by atoms with E-state index in [1.165, 1.54) is 0 Å². The molecule has 118 valence electrons. The van der Waals surface area contributed by atoms with Crippen LogP contribution in [0.4, 0.5) is 5.69 Å². The summed E-state index contributed by atoms with van der Waals surface area (Å²) >= 11 is 0. The molecule has 0 radical (unpaired) electrons. The summed E-state index contributed by atoms with van der Waals surface area (Å²) in [7, 11) is 5.44. The Morgan fingerprint density at radius 1 is 1.36 bits per heavy atom. The van der Waals surface area contributed by atoms with Gasteiger partial charge in [-0.1, -0.05) is 0 Å². The Balaban J connectivity index is 1.86. The van der Waals surface area contributed by atoms with Crippen LogP contribution in [0.25, 0.3) is 0 Å². The first-order valence-corrected chi connectivity index (χ1v) is 7.09. The van der Waals surface area contributed by atoms with Crippen LogP contribution < -0.4 is 10.1 Å². The quantitative estimate of drug-likeness (QED) is 0.884. The minimum atomic E-state index is -0.0470. The number of carbonyl (C=O) groups is 1. The Labute approximate surface area is 130 Å². The molecular formula is C16H22N4O2. The molecule has 2 aromatic rings. The number of likely N-dealkylation sites (N-methyl/N-ethyl adjacent to an activating group) is 1. The standard InChI is InChI=1S/C16H22N4O2/c1-12-13(9-17-20(12)3)10-19(2)11-16(21)18-14-5-7-15(22-4)8-6-14/h5-9H,10-11H2,1-4H3,(H,18,21). The van der Waals surface area contributed by atoms with Crippen LogP contribution in [0, 0.1) is 6.92 Å². The fourth-order valence-corrected chi connectivity index (χ4v) is 2.17. The molecular weight excluding hydrogens is 280 g/mol. The Morgan fingerprint density at radius 2 is 2.05 bits per heavy atom. The van der Waals surface area contributed by atoms with Crippen LogP contribution in [0.2, 0.25) is 0 Å². The number of benzene rings is 1. The second-order valence-corrected chi connectivity index (χ2v) is 5.33. The Bertz CT molecular complexity index is 634. The van der Waals surface area contributed by atoms with E-state index in [0.717, 1.165) is 22.7 Å². The number of carbonyl (C=O) groups excluding carboxylic acids is 1. The van der Waals surface area contributed by atoms with Gasteiger partial charge >= 0.3 is 0 Å². The van der Waals surface area contributed by atoms with Crippen LogP contribution in [0.15, 0.2) is 30.5 Å². The Morgan fingerprint density at radius 3 is 2.59 bits per heavy atom. The fraction of sp³-hybridized carbons (Fsp3) is 0.375. The first-order valence-electron chi connectivity index (χ1n) is 7.09. The summed E-state index contributed by atoms with van der Waals surface area (Å²) in [5.41, 5.74) is 3.00. The summed E-state index contributed by atoms with van der Waals surface area (Å²) < 4.78 is 6.92. The third-order valence-electron chi connectivity index (χ3n) is 3.56. The molecule has 0 spiro atoms. The number of hydrogen-bond acceptors (Lipinski definition) is 4. The Hall–Kier alpha value is -2.34. The van der Waals surface area contributed by atoms with Crippen molar-refractivity contribution in [2.75, 3.05) is 26.0 Å². The lowest BCUT2D eigenvalue weighted by molar-refractivity contribution is -0.117. The first-order chi connectivity index (χ1) is 10.5.